The second kappa shape index (κ2) is 3.89. The van der Waals surface area contributed by atoms with Crippen LogP contribution >= 0.6 is 0 Å². The molecule has 2 aliphatic rings. The standard InChI is InChI=1S/C11H19NO2/c1-8-4-5-10(8)12-6-2-3-9(12)7-11(13)14/h8-10H,2-7H2,1H3,(H,13,14). The van der Waals surface area contributed by atoms with Crippen LogP contribution < -0.4 is 0 Å². The van der Waals surface area contributed by atoms with Gasteiger partial charge in [0.2, 0.25) is 0 Å². The summed E-state index contributed by atoms with van der Waals surface area (Å²) >= 11 is 0. The topological polar surface area (TPSA) is 40.5 Å². The van der Waals surface area contributed by atoms with Gasteiger partial charge >= 0.3 is 5.97 Å². The molecule has 3 nitrogen and oxygen atoms in total. The van der Waals surface area contributed by atoms with E-state index < -0.39 is 5.97 Å². The van der Waals surface area contributed by atoms with Crippen molar-refractivity contribution in [1.29, 1.82) is 0 Å². The molecule has 1 aliphatic carbocycles. The van der Waals surface area contributed by atoms with Crippen LogP contribution in [0.2, 0.25) is 0 Å². The number of nitrogens with zero attached hydrogens (tertiary/aromatic N) is 1. The SMILES string of the molecule is CC1CCC1N1CCCC1CC(=O)O. The lowest BCUT2D eigenvalue weighted by molar-refractivity contribution is -0.138. The van der Waals surface area contributed by atoms with Crippen molar-refractivity contribution in [3.8, 4) is 0 Å². The molecule has 0 aromatic rings. The number of rotatable bonds is 3. The third kappa shape index (κ3) is 1.78. The van der Waals surface area contributed by atoms with Crippen LogP contribution in [0.4, 0.5) is 0 Å². The Balaban J connectivity index is 1.93. The average Bonchev–Trinajstić information content (AvgIpc) is 2.50. The molecule has 2 fully saturated rings. The number of hydrogen-bond donors (Lipinski definition) is 1. The highest BCUT2D eigenvalue weighted by Crippen LogP contribution is 2.36. The molecule has 0 aromatic heterocycles. The lowest BCUT2D eigenvalue weighted by Gasteiger charge is -2.43. The smallest absolute Gasteiger partial charge is 0.304 e. The Bertz CT molecular complexity index is 229. The van der Waals surface area contributed by atoms with Crippen LogP contribution in [0.1, 0.15) is 39.0 Å². The minimum atomic E-state index is -0.645. The van der Waals surface area contributed by atoms with Crippen LogP contribution in [0.3, 0.4) is 0 Å². The van der Waals surface area contributed by atoms with Gasteiger partial charge in [0.1, 0.15) is 0 Å². The molecule has 3 heteroatoms. The molecule has 1 heterocycles. The molecule has 14 heavy (non-hydrogen) atoms. The molecule has 80 valence electrons. The maximum Gasteiger partial charge on any atom is 0.304 e. The zero-order valence-corrected chi connectivity index (χ0v) is 8.78. The number of carbonyl (C=O) groups is 1. The van der Waals surface area contributed by atoms with Crippen LogP contribution in [-0.2, 0) is 4.79 Å². The first-order valence-corrected chi connectivity index (χ1v) is 5.66. The summed E-state index contributed by atoms with van der Waals surface area (Å²) in [7, 11) is 0. The van der Waals surface area contributed by atoms with E-state index in [0.717, 1.165) is 18.9 Å². The second-order valence-electron chi connectivity index (χ2n) is 4.75. The van der Waals surface area contributed by atoms with E-state index in [1.165, 1.54) is 19.3 Å². The van der Waals surface area contributed by atoms with Crippen LogP contribution in [0.5, 0.6) is 0 Å². The molecule has 0 bridgehead atoms. The predicted molar refractivity (Wildman–Crippen MR) is 54.2 cm³/mol. The second-order valence-corrected chi connectivity index (χ2v) is 4.75. The number of carboxylic acid groups (broad SMARTS) is 1. The molecule has 3 unspecified atom stereocenters. The maximum absolute atomic E-state index is 10.7. The Hall–Kier alpha value is -0.570. The van der Waals surface area contributed by atoms with E-state index in [-0.39, 0.29) is 0 Å². The fraction of sp³-hybridized carbons (Fsp3) is 0.909. The van der Waals surface area contributed by atoms with Crippen molar-refractivity contribution in [3.63, 3.8) is 0 Å². The third-order valence-corrected chi connectivity index (χ3v) is 3.83. The Morgan fingerprint density at radius 3 is 2.71 bits per heavy atom. The first-order chi connectivity index (χ1) is 6.68. The van der Waals surface area contributed by atoms with Gasteiger partial charge in [-0.3, -0.25) is 9.69 Å². The number of hydrogen-bond acceptors (Lipinski definition) is 2. The van der Waals surface area contributed by atoms with Crippen molar-refractivity contribution >= 4 is 5.97 Å². The highest BCUT2D eigenvalue weighted by molar-refractivity contribution is 5.67. The Morgan fingerprint density at radius 1 is 1.43 bits per heavy atom. The van der Waals surface area contributed by atoms with Gasteiger partial charge in [-0.25, -0.2) is 0 Å². The summed E-state index contributed by atoms with van der Waals surface area (Å²) in [6.45, 7) is 3.40. The molecular weight excluding hydrogens is 178 g/mol. The Labute approximate surface area is 85.1 Å². The molecule has 2 rings (SSSR count). The molecule has 1 aliphatic heterocycles. The number of carboxylic acids is 1. The summed E-state index contributed by atoms with van der Waals surface area (Å²) < 4.78 is 0. The molecule has 3 atom stereocenters. The van der Waals surface area contributed by atoms with Gasteiger partial charge in [0, 0.05) is 12.1 Å². The van der Waals surface area contributed by atoms with Crippen molar-refractivity contribution in [3.05, 3.63) is 0 Å². The van der Waals surface area contributed by atoms with Crippen molar-refractivity contribution in [1.82, 2.24) is 4.90 Å². The first-order valence-electron chi connectivity index (χ1n) is 5.66. The number of likely N-dealkylation sites (tertiary alicyclic amines) is 1. The van der Waals surface area contributed by atoms with Gasteiger partial charge in [-0.2, -0.15) is 0 Å². The molecule has 1 saturated carbocycles. The highest BCUT2D eigenvalue weighted by atomic mass is 16.4. The summed E-state index contributed by atoms with van der Waals surface area (Å²) in [6.07, 6.45) is 5.19. The molecule has 0 spiro atoms. The molecule has 0 amide bonds. The highest BCUT2D eigenvalue weighted by Gasteiger charge is 2.38. The van der Waals surface area contributed by atoms with E-state index in [9.17, 15) is 4.79 Å². The van der Waals surface area contributed by atoms with Crippen molar-refractivity contribution < 1.29 is 9.90 Å². The van der Waals surface area contributed by atoms with Gasteiger partial charge in [-0.1, -0.05) is 6.92 Å². The van der Waals surface area contributed by atoms with E-state index in [0.29, 0.717) is 18.5 Å². The zero-order chi connectivity index (χ0) is 10.1. The van der Waals surface area contributed by atoms with Crippen LogP contribution in [0.25, 0.3) is 0 Å². The maximum atomic E-state index is 10.7. The van der Waals surface area contributed by atoms with Crippen molar-refractivity contribution in [2.75, 3.05) is 6.54 Å². The van der Waals surface area contributed by atoms with Crippen molar-refractivity contribution in [2.24, 2.45) is 5.92 Å². The molecule has 1 saturated heterocycles. The minimum absolute atomic E-state index is 0.320. The van der Waals surface area contributed by atoms with Gasteiger partial charge < -0.3 is 5.11 Å². The zero-order valence-electron chi connectivity index (χ0n) is 8.78. The molecule has 1 N–H and O–H groups in total. The van der Waals surface area contributed by atoms with Crippen LogP contribution in [0, 0.1) is 5.92 Å². The molecule has 0 aromatic carbocycles. The van der Waals surface area contributed by atoms with E-state index in [1.807, 2.05) is 0 Å². The lowest BCUT2D eigenvalue weighted by Crippen LogP contribution is -2.48. The van der Waals surface area contributed by atoms with Crippen LogP contribution in [-0.4, -0.2) is 34.6 Å². The predicted octanol–water partition coefficient (Wildman–Crippen LogP) is 1.72. The fourth-order valence-electron chi connectivity index (χ4n) is 2.86. The van der Waals surface area contributed by atoms with E-state index in [2.05, 4.69) is 11.8 Å². The summed E-state index contributed by atoms with van der Waals surface area (Å²) in [4.78, 5) is 13.1. The summed E-state index contributed by atoms with van der Waals surface area (Å²) in [5, 5.41) is 8.80. The largest absolute Gasteiger partial charge is 0.481 e. The van der Waals surface area contributed by atoms with Gasteiger partial charge in [-0.15, -0.1) is 0 Å². The van der Waals surface area contributed by atoms with Crippen LogP contribution in [0.15, 0.2) is 0 Å². The van der Waals surface area contributed by atoms with E-state index in [4.69, 9.17) is 5.11 Å². The molecular formula is C11H19NO2. The van der Waals surface area contributed by atoms with Gasteiger partial charge in [-0.05, 0) is 38.1 Å². The monoisotopic (exact) mass is 197 g/mol. The van der Waals surface area contributed by atoms with Gasteiger partial charge in [0.15, 0.2) is 0 Å². The first kappa shape index (κ1) is 9.97. The third-order valence-electron chi connectivity index (χ3n) is 3.83. The van der Waals surface area contributed by atoms with Gasteiger partial charge in [0.05, 0.1) is 6.42 Å². The van der Waals surface area contributed by atoms with Crippen molar-refractivity contribution in [2.45, 2.75) is 51.1 Å². The fourth-order valence-corrected chi connectivity index (χ4v) is 2.86. The van der Waals surface area contributed by atoms with E-state index >= 15 is 0 Å². The normalized spacial score (nSPS) is 38.2. The Kier molecular flexibility index (Phi) is 2.77. The average molecular weight is 197 g/mol. The quantitative estimate of drug-likeness (QED) is 0.749. The minimum Gasteiger partial charge on any atom is -0.481 e. The van der Waals surface area contributed by atoms with E-state index in [1.54, 1.807) is 0 Å². The molecule has 0 radical (unpaired) electrons. The summed E-state index contributed by atoms with van der Waals surface area (Å²) in [5.41, 5.74) is 0. The summed E-state index contributed by atoms with van der Waals surface area (Å²) in [6, 6.07) is 1.00. The lowest BCUT2D eigenvalue weighted by atomic mass is 9.79. The summed E-state index contributed by atoms with van der Waals surface area (Å²) in [5.74, 6) is 0.137. The van der Waals surface area contributed by atoms with Gasteiger partial charge in [0.25, 0.3) is 0 Å². The number of aliphatic carboxylic acids is 1. The Morgan fingerprint density at radius 2 is 2.21 bits per heavy atom.